The molecule has 23 heavy (non-hydrogen) atoms. The first-order valence-electron chi connectivity index (χ1n) is 7.30. The Morgan fingerprint density at radius 3 is 2.13 bits per heavy atom. The molecule has 0 saturated carbocycles. The van der Waals surface area contributed by atoms with Crippen molar-refractivity contribution >= 4 is 30.8 Å². The Morgan fingerprint density at radius 2 is 1.70 bits per heavy atom. The second-order valence-corrected chi connectivity index (χ2v) is 14.0. The number of amides is 1. The van der Waals surface area contributed by atoms with Crippen LogP contribution in [0.25, 0.3) is 0 Å². The van der Waals surface area contributed by atoms with Gasteiger partial charge in [0.15, 0.2) is 0 Å². The van der Waals surface area contributed by atoms with Gasteiger partial charge in [-0.3, -0.25) is 0 Å². The molecule has 0 radical (unpaired) electrons. The summed E-state index contributed by atoms with van der Waals surface area (Å²) in [4.78, 5) is 12.3. The van der Waals surface area contributed by atoms with Crippen molar-refractivity contribution in [3.05, 3.63) is 12.0 Å². The standard InChI is InChI=1S/C14H26N2O5SSi/c1-13(2,3)20-12(17)16-11(9-10-15-22(16,18)19)21-23(7,8)14(4,5)6/h9-10H,1-8H3. The average Bonchev–Trinajstić information content (AvgIpc) is 2.22. The molecule has 0 fully saturated rings. The summed E-state index contributed by atoms with van der Waals surface area (Å²) >= 11 is 0. The van der Waals surface area contributed by atoms with E-state index in [0.717, 1.165) is 6.21 Å². The number of carbonyl (C=O) groups is 1. The number of allylic oxidation sites excluding steroid dienone is 1. The van der Waals surface area contributed by atoms with Gasteiger partial charge >= 0.3 is 16.3 Å². The summed E-state index contributed by atoms with van der Waals surface area (Å²) < 4.78 is 39.4. The van der Waals surface area contributed by atoms with Gasteiger partial charge in [0, 0.05) is 12.3 Å². The molecule has 1 heterocycles. The van der Waals surface area contributed by atoms with E-state index in [-0.39, 0.29) is 10.9 Å². The molecule has 0 spiro atoms. The summed E-state index contributed by atoms with van der Waals surface area (Å²) in [6.07, 6.45) is 1.45. The highest BCUT2D eigenvalue weighted by Gasteiger charge is 2.44. The van der Waals surface area contributed by atoms with E-state index in [2.05, 4.69) is 4.40 Å². The first kappa shape index (κ1) is 19.7. The van der Waals surface area contributed by atoms with Crippen LogP contribution in [-0.4, -0.2) is 38.9 Å². The molecule has 0 unspecified atom stereocenters. The second-order valence-electron chi connectivity index (χ2n) is 7.84. The zero-order valence-electron chi connectivity index (χ0n) is 15.0. The first-order valence-corrected chi connectivity index (χ1v) is 11.6. The van der Waals surface area contributed by atoms with E-state index in [1.807, 2.05) is 33.9 Å². The van der Waals surface area contributed by atoms with Gasteiger partial charge in [0.2, 0.25) is 5.88 Å². The van der Waals surface area contributed by atoms with Crippen LogP contribution in [0.15, 0.2) is 16.4 Å². The van der Waals surface area contributed by atoms with Crippen molar-refractivity contribution in [1.29, 1.82) is 0 Å². The maximum Gasteiger partial charge on any atom is 0.432 e. The predicted molar refractivity (Wildman–Crippen MR) is 91.8 cm³/mol. The minimum Gasteiger partial charge on any atom is -0.531 e. The van der Waals surface area contributed by atoms with Crippen molar-refractivity contribution in [2.75, 3.05) is 0 Å². The zero-order chi connectivity index (χ0) is 18.3. The Kier molecular flexibility index (Phi) is 5.08. The third-order valence-corrected chi connectivity index (χ3v) is 9.08. The lowest BCUT2D eigenvalue weighted by Gasteiger charge is -2.39. The van der Waals surface area contributed by atoms with E-state index in [1.165, 1.54) is 6.08 Å². The Bertz CT molecular complexity index is 639. The van der Waals surface area contributed by atoms with Crippen LogP contribution < -0.4 is 0 Å². The van der Waals surface area contributed by atoms with Gasteiger partial charge in [-0.15, -0.1) is 4.31 Å². The topological polar surface area (TPSA) is 85.3 Å². The fourth-order valence-electron chi connectivity index (χ4n) is 1.38. The van der Waals surface area contributed by atoms with Crippen molar-refractivity contribution in [3.63, 3.8) is 0 Å². The highest BCUT2D eigenvalue weighted by atomic mass is 32.2. The van der Waals surface area contributed by atoms with E-state index in [4.69, 9.17) is 9.16 Å². The van der Waals surface area contributed by atoms with Crippen molar-refractivity contribution in [2.45, 2.75) is 65.3 Å². The van der Waals surface area contributed by atoms with Gasteiger partial charge in [-0.25, -0.2) is 4.79 Å². The van der Waals surface area contributed by atoms with Crippen molar-refractivity contribution < 1.29 is 22.4 Å². The highest BCUT2D eigenvalue weighted by Crippen LogP contribution is 2.39. The van der Waals surface area contributed by atoms with Crippen LogP contribution >= 0.6 is 0 Å². The summed E-state index contributed by atoms with van der Waals surface area (Å²) in [7, 11) is -6.55. The lowest BCUT2D eigenvalue weighted by Crippen LogP contribution is -2.47. The molecule has 1 aliphatic rings. The molecule has 0 aromatic heterocycles. The van der Waals surface area contributed by atoms with Gasteiger partial charge in [0.25, 0.3) is 8.32 Å². The number of hydrogen-bond acceptors (Lipinski definition) is 5. The molecule has 1 aliphatic heterocycles. The van der Waals surface area contributed by atoms with Gasteiger partial charge in [0.05, 0.1) is 0 Å². The van der Waals surface area contributed by atoms with Gasteiger partial charge in [-0.2, -0.15) is 12.8 Å². The molecular weight excluding hydrogens is 336 g/mol. The fraction of sp³-hybridized carbons (Fsp3) is 0.714. The molecule has 0 aromatic rings. The minimum absolute atomic E-state index is 0.0687. The van der Waals surface area contributed by atoms with Crippen molar-refractivity contribution in [1.82, 2.24) is 4.31 Å². The van der Waals surface area contributed by atoms with Crippen LogP contribution in [0.3, 0.4) is 0 Å². The van der Waals surface area contributed by atoms with Gasteiger partial charge in [0.1, 0.15) is 5.60 Å². The van der Waals surface area contributed by atoms with E-state index < -0.39 is 30.2 Å². The number of carbonyl (C=O) groups excluding carboxylic acids is 1. The molecule has 7 nitrogen and oxygen atoms in total. The Balaban J connectivity index is 3.21. The summed E-state index contributed by atoms with van der Waals surface area (Å²) in [5.74, 6) is -0.0687. The van der Waals surface area contributed by atoms with Crippen LogP contribution in [0.5, 0.6) is 0 Å². The van der Waals surface area contributed by atoms with Crippen LogP contribution in [0.2, 0.25) is 18.1 Å². The number of nitrogens with zero attached hydrogens (tertiary/aromatic N) is 2. The van der Waals surface area contributed by atoms with E-state index >= 15 is 0 Å². The van der Waals surface area contributed by atoms with E-state index in [9.17, 15) is 13.2 Å². The Labute approximate surface area is 139 Å². The largest absolute Gasteiger partial charge is 0.531 e. The molecule has 9 heteroatoms. The molecule has 0 aromatic carbocycles. The van der Waals surface area contributed by atoms with Gasteiger partial charge in [-0.1, -0.05) is 20.8 Å². The van der Waals surface area contributed by atoms with E-state index in [0.29, 0.717) is 4.31 Å². The zero-order valence-corrected chi connectivity index (χ0v) is 16.8. The fourth-order valence-corrected chi connectivity index (χ4v) is 3.29. The van der Waals surface area contributed by atoms with Crippen LogP contribution in [0.1, 0.15) is 41.5 Å². The highest BCUT2D eigenvalue weighted by molar-refractivity contribution is 7.88. The summed E-state index contributed by atoms with van der Waals surface area (Å²) in [5, 5.41) is -0.161. The smallest absolute Gasteiger partial charge is 0.432 e. The maximum absolute atomic E-state index is 12.3. The van der Waals surface area contributed by atoms with Crippen molar-refractivity contribution in [3.8, 4) is 0 Å². The molecular formula is C14H26N2O5SSi. The predicted octanol–water partition coefficient (Wildman–Crippen LogP) is 3.42. The molecule has 0 aliphatic carbocycles. The summed E-state index contributed by atoms with van der Waals surface area (Å²) in [6, 6.07) is 0. The molecule has 132 valence electrons. The monoisotopic (exact) mass is 362 g/mol. The molecule has 0 bridgehead atoms. The van der Waals surface area contributed by atoms with Crippen LogP contribution in [0, 0.1) is 0 Å². The Hall–Kier alpha value is -1.35. The van der Waals surface area contributed by atoms with Gasteiger partial charge in [-0.05, 0) is 38.9 Å². The quantitative estimate of drug-likeness (QED) is 0.703. The summed E-state index contributed by atoms with van der Waals surface area (Å²) in [5.41, 5.74) is -0.837. The average molecular weight is 363 g/mol. The minimum atomic E-state index is -4.21. The number of hydrogen-bond donors (Lipinski definition) is 0. The van der Waals surface area contributed by atoms with E-state index in [1.54, 1.807) is 20.8 Å². The first-order chi connectivity index (χ1) is 10.1. The number of rotatable bonds is 2. The summed E-state index contributed by atoms with van der Waals surface area (Å²) in [6.45, 7) is 14.9. The maximum atomic E-state index is 12.3. The van der Waals surface area contributed by atoms with Crippen LogP contribution in [-0.2, 0) is 19.4 Å². The molecule has 0 saturated heterocycles. The normalized spacial score (nSPS) is 18.4. The lowest BCUT2D eigenvalue weighted by molar-refractivity contribution is 0.0380. The lowest BCUT2D eigenvalue weighted by atomic mass is 10.2. The Morgan fingerprint density at radius 1 is 1.17 bits per heavy atom. The third-order valence-electron chi connectivity index (χ3n) is 3.57. The van der Waals surface area contributed by atoms with Crippen molar-refractivity contribution in [2.24, 2.45) is 4.40 Å². The second kappa shape index (κ2) is 5.93. The molecule has 0 atom stereocenters. The SMILES string of the molecule is CC(C)(C)OC(=O)N1C(O[Si](C)(C)C(C)(C)C)=CC=NS1(=O)=O. The molecule has 1 amide bonds. The molecule has 1 rings (SSSR count). The number of ether oxygens (including phenoxy) is 1. The van der Waals surface area contributed by atoms with Crippen LogP contribution in [0.4, 0.5) is 4.79 Å². The van der Waals surface area contributed by atoms with Gasteiger partial charge < -0.3 is 9.16 Å². The third kappa shape index (κ3) is 4.81. The molecule has 0 N–H and O–H groups in total.